The van der Waals surface area contributed by atoms with E-state index in [0.717, 1.165) is 11.3 Å². The summed E-state index contributed by atoms with van der Waals surface area (Å²) in [6.07, 6.45) is 1.39. The minimum Gasteiger partial charge on any atom is -0.497 e. The fraction of sp³-hybridized carbons (Fsp3) is 0.250. The molecule has 1 amide bonds. The molecular formula is C20H21N5O5. The summed E-state index contributed by atoms with van der Waals surface area (Å²) in [5.41, 5.74) is 0.124. The number of methoxy groups -OCH3 is 1. The Morgan fingerprint density at radius 2 is 1.83 bits per heavy atom. The maximum atomic E-state index is 12.1. The van der Waals surface area contributed by atoms with Crippen molar-refractivity contribution in [3.63, 3.8) is 0 Å². The van der Waals surface area contributed by atoms with Crippen LogP contribution in [-0.4, -0.2) is 38.9 Å². The van der Waals surface area contributed by atoms with Crippen LogP contribution in [0.4, 0.5) is 0 Å². The molecule has 10 nitrogen and oxygen atoms in total. The number of H-pyrrole nitrogens is 1. The third-order valence-electron chi connectivity index (χ3n) is 4.37. The average molecular weight is 411 g/mol. The van der Waals surface area contributed by atoms with Crippen molar-refractivity contribution in [3.05, 3.63) is 79.9 Å². The molecule has 0 aliphatic heterocycles. The van der Waals surface area contributed by atoms with Gasteiger partial charge in [0.1, 0.15) is 5.75 Å². The van der Waals surface area contributed by atoms with E-state index >= 15 is 0 Å². The lowest BCUT2D eigenvalue weighted by Crippen LogP contribution is -2.34. The van der Waals surface area contributed by atoms with Crippen molar-refractivity contribution in [1.82, 2.24) is 24.6 Å². The summed E-state index contributed by atoms with van der Waals surface area (Å²) in [4.78, 5) is 48.8. The number of carbonyl (C=O) groups is 1. The predicted molar refractivity (Wildman–Crippen MR) is 109 cm³/mol. The van der Waals surface area contributed by atoms with Crippen molar-refractivity contribution in [2.24, 2.45) is 0 Å². The summed E-state index contributed by atoms with van der Waals surface area (Å²) < 4.78 is 7.66. The third kappa shape index (κ3) is 5.31. The number of aryl methyl sites for hydroxylation is 1. The molecule has 0 fully saturated rings. The molecule has 0 aliphatic carbocycles. The second-order valence-electron chi connectivity index (χ2n) is 6.41. The van der Waals surface area contributed by atoms with Crippen LogP contribution < -0.4 is 26.9 Å². The molecule has 0 spiro atoms. The lowest BCUT2D eigenvalue weighted by Gasteiger charge is -2.09. The fourth-order valence-corrected chi connectivity index (χ4v) is 2.76. The van der Waals surface area contributed by atoms with Gasteiger partial charge in [-0.05, 0) is 30.3 Å². The molecule has 0 radical (unpaired) electrons. The van der Waals surface area contributed by atoms with E-state index in [4.69, 9.17) is 4.74 Å². The number of hydrogen-bond acceptors (Lipinski definition) is 6. The summed E-state index contributed by atoms with van der Waals surface area (Å²) >= 11 is 0. The summed E-state index contributed by atoms with van der Waals surface area (Å²) in [5, 5.41) is 7.03. The van der Waals surface area contributed by atoms with Gasteiger partial charge in [0.2, 0.25) is 5.91 Å². The Morgan fingerprint density at radius 1 is 1.07 bits per heavy atom. The van der Waals surface area contributed by atoms with Crippen LogP contribution in [0, 0.1) is 0 Å². The van der Waals surface area contributed by atoms with Gasteiger partial charge in [0, 0.05) is 43.4 Å². The standard InChI is InChI=1S/C20H21N5O5/c1-30-15-4-2-14(3-5-15)16-6-7-19(28)25(23-16)13-10-21-17(26)8-11-24-12-9-18(27)22-20(24)29/h2-7,9,12H,8,10-11,13H2,1H3,(H,21,26)(H,22,27,29). The number of aromatic amines is 1. The van der Waals surface area contributed by atoms with Crippen molar-refractivity contribution in [1.29, 1.82) is 0 Å². The van der Waals surface area contributed by atoms with Crippen LogP contribution in [0.1, 0.15) is 6.42 Å². The SMILES string of the molecule is COc1ccc(-c2ccc(=O)n(CCNC(=O)CCn3ccc(=O)[nH]c3=O)n2)cc1. The van der Waals surface area contributed by atoms with E-state index in [0.29, 0.717) is 5.69 Å². The Balaban J connectivity index is 1.56. The summed E-state index contributed by atoms with van der Waals surface area (Å²) in [6.45, 7) is 0.540. The Morgan fingerprint density at radius 3 is 2.53 bits per heavy atom. The highest BCUT2D eigenvalue weighted by molar-refractivity contribution is 5.75. The first-order valence-electron chi connectivity index (χ1n) is 9.25. The lowest BCUT2D eigenvalue weighted by molar-refractivity contribution is -0.121. The number of rotatable bonds is 8. The molecule has 0 bridgehead atoms. The van der Waals surface area contributed by atoms with Crippen LogP contribution in [-0.2, 0) is 17.9 Å². The monoisotopic (exact) mass is 411 g/mol. The highest BCUT2D eigenvalue weighted by Gasteiger charge is 2.06. The molecule has 0 aliphatic rings. The summed E-state index contributed by atoms with van der Waals surface area (Å²) in [7, 11) is 1.58. The average Bonchev–Trinajstić information content (AvgIpc) is 2.74. The number of nitrogens with one attached hydrogen (secondary N) is 2. The lowest BCUT2D eigenvalue weighted by atomic mass is 10.1. The Kier molecular flexibility index (Phi) is 6.58. The number of amides is 1. The van der Waals surface area contributed by atoms with Crippen LogP contribution in [0.5, 0.6) is 5.75 Å². The minimum absolute atomic E-state index is 0.0557. The van der Waals surface area contributed by atoms with Gasteiger partial charge >= 0.3 is 5.69 Å². The summed E-state index contributed by atoms with van der Waals surface area (Å²) in [5.74, 6) is 0.436. The number of hydrogen-bond donors (Lipinski definition) is 2. The molecule has 0 saturated heterocycles. The maximum absolute atomic E-state index is 12.1. The van der Waals surface area contributed by atoms with Gasteiger partial charge < -0.3 is 14.6 Å². The van der Waals surface area contributed by atoms with E-state index in [9.17, 15) is 19.2 Å². The molecule has 0 saturated carbocycles. The van der Waals surface area contributed by atoms with Gasteiger partial charge in [-0.25, -0.2) is 9.48 Å². The Bertz CT molecular complexity index is 1190. The quantitative estimate of drug-likeness (QED) is 0.536. The zero-order chi connectivity index (χ0) is 21.5. The molecule has 156 valence electrons. The Labute approximate surface area is 170 Å². The van der Waals surface area contributed by atoms with Gasteiger partial charge in [0.15, 0.2) is 0 Å². The van der Waals surface area contributed by atoms with E-state index < -0.39 is 11.2 Å². The van der Waals surface area contributed by atoms with Gasteiger partial charge in [-0.2, -0.15) is 5.10 Å². The van der Waals surface area contributed by atoms with Gasteiger partial charge in [-0.1, -0.05) is 0 Å². The second kappa shape index (κ2) is 9.50. The molecular weight excluding hydrogens is 390 g/mol. The first-order valence-corrected chi connectivity index (χ1v) is 9.25. The normalized spacial score (nSPS) is 10.6. The largest absolute Gasteiger partial charge is 0.497 e. The van der Waals surface area contributed by atoms with E-state index in [2.05, 4.69) is 15.4 Å². The van der Waals surface area contributed by atoms with Crippen LogP contribution >= 0.6 is 0 Å². The van der Waals surface area contributed by atoms with E-state index in [-0.39, 0.29) is 37.5 Å². The molecule has 10 heteroatoms. The van der Waals surface area contributed by atoms with E-state index in [1.165, 1.54) is 27.6 Å². The molecule has 2 aromatic heterocycles. The topological polar surface area (TPSA) is 128 Å². The number of aromatic nitrogens is 4. The van der Waals surface area contributed by atoms with Crippen molar-refractivity contribution in [2.45, 2.75) is 19.5 Å². The maximum Gasteiger partial charge on any atom is 0.328 e. The molecule has 0 atom stereocenters. The highest BCUT2D eigenvalue weighted by atomic mass is 16.5. The number of ether oxygens (including phenoxy) is 1. The van der Waals surface area contributed by atoms with Crippen molar-refractivity contribution in [2.75, 3.05) is 13.7 Å². The highest BCUT2D eigenvalue weighted by Crippen LogP contribution is 2.19. The molecule has 0 unspecified atom stereocenters. The summed E-state index contributed by atoms with van der Waals surface area (Å²) in [6, 6.07) is 11.6. The van der Waals surface area contributed by atoms with Gasteiger partial charge in [0.05, 0.1) is 19.3 Å². The Hall–Kier alpha value is -3.95. The van der Waals surface area contributed by atoms with Crippen LogP contribution in [0.25, 0.3) is 11.3 Å². The second-order valence-corrected chi connectivity index (χ2v) is 6.41. The number of nitrogens with zero attached hydrogens (tertiary/aromatic N) is 3. The molecule has 3 rings (SSSR count). The van der Waals surface area contributed by atoms with Crippen LogP contribution in [0.15, 0.2) is 63.0 Å². The smallest absolute Gasteiger partial charge is 0.328 e. The first-order chi connectivity index (χ1) is 14.5. The van der Waals surface area contributed by atoms with Gasteiger partial charge in [0.25, 0.3) is 11.1 Å². The van der Waals surface area contributed by atoms with Crippen molar-refractivity contribution < 1.29 is 9.53 Å². The molecule has 30 heavy (non-hydrogen) atoms. The van der Waals surface area contributed by atoms with E-state index in [1.807, 2.05) is 12.1 Å². The molecule has 1 aromatic carbocycles. The fourth-order valence-electron chi connectivity index (χ4n) is 2.76. The number of carbonyl (C=O) groups excluding carboxylic acids is 1. The van der Waals surface area contributed by atoms with Crippen molar-refractivity contribution >= 4 is 5.91 Å². The zero-order valence-electron chi connectivity index (χ0n) is 16.3. The molecule has 2 N–H and O–H groups in total. The van der Waals surface area contributed by atoms with Crippen LogP contribution in [0.3, 0.4) is 0 Å². The first kappa shape index (κ1) is 20.8. The van der Waals surface area contributed by atoms with Gasteiger partial charge in [-0.15, -0.1) is 0 Å². The predicted octanol–water partition coefficient (Wildman–Crippen LogP) is -0.0246. The van der Waals surface area contributed by atoms with Gasteiger partial charge in [-0.3, -0.25) is 19.4 Å². The minimum atomic E-state index is -0.568. The third-order valence-corrected chi connectivity index (χ3v) is 4.37. The van der Waals surface area contributed by atoms with Crippen molar-refractivity contribution in [3.8, 4) is 17.0 Å². The van der Waals surface area contributed by atoms with E-state index in [1.54, 1.807) is 25.3 Å². The van der Waals surface area contributed by atoms with Crippen LogP contribution in [0.2, 0.25) is 0 Å². The molecule has 2 heterocycles. The zero-order valence-corrected chi connectivity index (χ0v) is 16.3. The number of benzene rings is 1. The molecule has 3 aromatic rings.